The highest BCUT2D eigenvalue weighted by atomic mass is 35.5. The maximum Gasteiger partial charge on any atom is 0.417 e. The molecule has 3 aromatic rings. The smallest absolute Gasteiger partial charge is 0.376 e. The lowest BCUT2D eigenvalue weighted by Gasteiger charge is -2.17. The zero-order chi connectivity index (χ0) is 20.1. The summed E-state index contributed by atoms with van der Waals surface area (Å²) >= 11 is 12.2. The van der Waals surface area contributed by atoms with Crippen LogP contribution in [0.3, 0.4) is 0 Å². The molecular formula is C17H13ClF3N3O2S2. The fourth-order valence-corrected chi connectivity index (χ4v) is 4.49. The molecule has 0 saturated carbocycles. The second-order valence-corrected chi connectivity index (χ2v) is 8.46. The first-order chi connectivity index (χ1) is 13.2. The van der Waals surface area contributed by atoms with E-state index in [0.717, 1.165) is 30.2 Å². The van der Waals surface area contributed by atoms with Crippen LogP contribution in [-0.4, -0.2) is 27.2 Å². The molecule has 0 amide bonds. The Kier molecular flexibility index (Phi) is 5.07. The number of thiophene rings is 1. The Labute approximate surface area is 170 Å². The molecule has 1 N–H and O–H groups in total. The molecule has 4 rings (SSSR count). The van der Waals surface area contributed by atoms with Crippen molar-refractivity contribution in [2.24, 2.45) is 0 Å². The Morgan fingerprint density at radius 2 is 2.21 bits per heavy atom. The summed E-state index contributed by atoms with van der Waals surface area (Å²) in [5.74, 6) is 0. The molecule has 5 nitrogen and oxygen atoms in total. The number of H-pyrrole nitrogens is 1. The highest BCUT2D eigenvalue weighted by Gasteiger charge is 2.36. The maximum atomic E-state index is 13.8. The molecule has 0 aliphatic carbocycles. The largest absolute Gasteiger partial charge is 0.417 e. The lowest BCUT2D eigenvalue weighted by Crippen LogP contribution is -2.24. The van der Waals surface area contributed by atoms with Crippen LogP contribution in [0.5, 0.6) is 0 Å². The minimum absolute atomic E-state index is 0.00925. The highest BCUT2D eigenvalue weighted by molar-refractivity contribution is 7.71. The Balaban J connectivity index is 2.03. The van der Waals surface area contributed by atoms with Crippen LogP contribution >= 0.6 is 35.2 Å². The second-order valence-electron chi connectivity index (χ2n) is 6.36. The third-order valence-electron chi connectivity index (χ3n) is 4.49. The van der Waals surface area contributed by atoms with Gasteiger partial charge in [-0.05, 0) is 43.3 Å². The highest BCUT2D eigenvalue weighted by Crippen LogP contribution is 2.37. The molecule has 1 atom stereocenters. The first kappa shape index (κ1) is 19.6. The lowest BCUT2D eigenvalue weighted by molar-refractivity contribution is -0.136. The standard InChI is InChI=1S/C17H13ClF3N3O2S2/c18-12-4-3-11(28-12)10-6-9(17(19,20)21)13-14(22-10)24(16(27)23-15(13)25)7-8-2-1-5-26-8/h3-4,6,8H,1-2,5,7H2,(H,23,25,27)/t8-/m1/s1. The van der Waals surface area contributed by atoms with Gasteiger partial charge in [-0.3, -0.25) is 14.3 Å². The molecule has 0 unspecified atom stereocenters. The van der Waals surface area contributed by atoms with Crippen molar-refractivity contribution in [3.05, 3.63) is 43.2 Å². The van der Waals surface area contributed by atoms with Gasteiger partial charge >= 0.3 is 6.18 Å². The average molecular weight is 448 g/mol. The average Bonchev–Trinajstić information content (AvgIpc) is 3.28. The molecular weight excluding hydrogens is 435 g/mol. The molecule has 1 fully saturated rings. The molecule has 1 aliphatic rings. The van der Waals surface area contributed by atoms with Crippen molar-refractivity contribution in [3.8, 4) is 10.6 Å². The zero-order valence-electron chi connectivity index (χ0n) is 14.2. The van der Waals surface area contributed by atoms with E-state index in [9.17, 15) is 18.0 Å². The Morgan fingerprint density at radius 3 is 2.82 bits per heavy atom. The number of aromatic amines is 1. The number of pyridine rings is 1. The van der Waals surface area contributed by atoms with Gasteiger partial charge in [0.25, 0.3) is 5.56 Å². The van der Waals surface area contributed by atoms with Crippen LogP contribution in [0.1, 0.15) is 18.4 Å². The zero-order valence-corrected chi connectivity index (χ0v) is 16.6. The summed E-state index contributed by atoms with van der Waals surface area (Å²) in [7, 11) is 0. The van der Waals surface area contributed by atoms with Crippen LogP contribution in [0.4, 0.5) is 13.2 Å². The molecule has 0 aromatic carbocycles. The van der Waals surface area contributed by atoms with Gasteiger partial charge in [0, 0.05) is 6.61 Å². The van der Waals surface area contributed by atoms with Gasteiger partial charge in [-0.1, -0.05) is 11.6 Å². The van der Waals surface area contributed by atoms with Crippen molar-refractivity contribution < 1.29 is 17.9 Å². The first-order valence-electron chi connectivity index (χ1n) is 8.36. The number of nitrogens with zero attached hydrogens (tertiary/aromatic N) is 2. The predicted octanol–water partition coefficient (Wildman–Crippen LogP) is 5.03. The summed E-state index contributed by atoms with van der Waals surface area (Å²) in [6.07, 6.45) is -3.32. The summed E-state index contributed by atoms with van der Waals surface area (Å²) in [5.41, 5.74) is -2.01. The van der Waals surface area contributed by atoms with Gasteiger partial charge < -0.3 is 4.74 Å². The van der Waals surface area contributed by atoms with Crippen molar-refractivity contribution in [1.82, 2.24) is 14.5 Å². The van der Waals surface area contributed by atoms with E-state index in [0.29, 0.717) is 15.8 Å². The van der Waals surface area contributed by atoms with E-state index >= 15 is 0 Å². The van der Waals surface area contributed by atoms with E-state index in [1.807, 2.05) is 0 Å². The molecule has 0 spiro atoms. The van der Waals surface area contributed by atoms with Gasteiger partial charge in [0.2, 0.25) is 0 Å². The monoisotopic (exact) mass is 447 g/mol. The molecule has 4 heterocycles. The van der Waals surface area contributed by atoms with Crippen molar-refractivity contribution >= 4 is 46.2 Å². The summed E-state index contributed by atoms with van der Waals surface area (Å²) in [5, 5.41) is -0.537. The molecule has 11 heteroatoms. The maximum absolute atomic E-state index is 13.8. The number of fused-ring (bicyclic) bond motifs is 1. The number of halogens is 4. The molecule has 148 valence electrons. The van der Waals surface area contributed by atoms with E-state index < -0.39 is 22.7 Å². The molecule has 0 bridgehead atoms. The number of ether oxygens (including phenoxy) is 1. The number of rotatable bonds is 3. The van der Waals surface area contributed by atoms with E-state index in [2.05, 4.69) is 9.97 Å². The van der Waals surface area contributed by atoms with Crippen molar-refractivity contribution in [1.29, 1.82) is 0 Å². The van der Waals surface area contributed by atoms with E-state index in [-0.39, 0.29) is 28.8 Å². The summed E-state index contributed by atoms with van der Waals surface area (Å²) in [6, 6.07) is 4.05. The fourth-order valence-electron chi connectivity index (χ4n) is 3.24. The normalized spacial score (nSPS) is 17.5. The van der Waals surface area contributed by atoms with Crippen molar-refractivity contribution in [2.45, 2.75) is 31.7 Å². The SMILES string of the molecule is O=c1[nH]c(=S)n(C[C@H]2CCCO2)c2nc(-c3ccc(Cl)s3)cc(C(F)(F)F)c12. The number of nitrogens with one attached hydrogen (secondary N) is 1. The van der Waals surface area contributed by atoms with Gasteiger partial charge in [-0.25, -0.2) is 4.98 Å². The van der Waals surface area contributed by atoms with E-state index in [1.54, 1.807) is 12.1 Å². The number of hydrogen-bond donors (Lipinski definition) is 1. The van der Waals surface area contributed by atoms with Gasteiger partial charge in [-0.15, -0.1) is 11.3 Å². The van der Waals surface area contributed by atoms with Crippen LogP contribution in [0.25, 0.3) is 21.6 Å². The number of aromatic nitrogens is 3. The van der Waals surface area contributed by atoms with Crippen LogP contribution in [0.2, 0.25) is 4.34 Å². The Bertz CT molecular complexity index is 1160. The number of alkyl halides is 3. The second kappa shape index (κ2) is 7.25. The fraction of sp³-hybridized carbons (Fsp3) is 0.353. The van der Waals surface area contributed by atoms with Crippen LogP contribution in [-0.2, 0) is 17.5 Å². The van der Waals surface area contributed by atoms with Gasteiger partial charge in [0.1, 0.15) is 5.65 Å². The number of hydrogen-bond acceptors (Lipinski definition) is 5. The molecule has 3 aromatic heterocycles. The van der Waals surface area contributed by atoms with Gasteiger partial charge in [-0.2, -0.15) is 13.2 Å². The topological polar surface area (TPSA) is 59.9 Å². The van der Waals surface area contributed by atoms with E-state index in [1.165, 1.54) is 4.57 Å². The molecule has 28 heavy (non-hydrogen) atoms. The molecule has 1 saturated heterocycles. The summed E-state index contributed by atoms with van der Waals surface area (Å²) in [4.78, 5) is 19.6. The lowest BCUT2D eigenvalue weighted by atomic mass is 10.1. The molecule has 0 radical (unpaired) electrons. The summed E-state index contributed by atoms with van der Waals surface area (Å²) < 4.78 is 48.7. The quantitative estimate of drug-likeness (QED) is 0.572. The third-order valence-corrected chi connectivity index (χ3v) is 6.07. The first-order valence-corrected chi connectivity index (χ1v) is 9.96. The minimum atomic E-state index is -4.74. The van der Waals surface area contributed by atoms with Crippen LogP contribution < -0.4 is 5.56 Å². The molecule has 1 aliphatic heterocycles. The predicted molar refractivity (Wildman–Crippen MR) is 103 cm³/mol. The van der Waals surface area contributed by atoms with Crippen LogP contribution in [0, 0.1) is 4.77 Å². The van der Waals surface area contributed by atoms with Crippen molar-refractivity contribution in [2.75, 3.05) is 6.61 Å². The van der Waals surface area contributed by atoms with Gasteiger partial charge in [0.05, 0.1) is 38.5 Å². The van der Waals surface area contributed by atoms with Crippen molar-refractivity contribution in [3.63, 3.8) is 0 Å². The Hall–Kier alpha value is -1.75. The van der Waals surface area contributed by atoms with Crippen LogP contribution in [0.15, 0.2) is 23.0 Å². The van der Waals surface area contributed by atoms with Gasteiger partial charge in [0.15, 0.2) is 4.77 Å². The minimum Gasteiger partial charge on any atom is -0.376 e. The summed E-state index contributed by atoms with van der Waals surface area (Å²) in [6.45, 7) is 0.796. The Morgan fingerprint density at radius 1 is 1.43 bits per heavy atom. The third kappa shape index (κ3) is 3.61. The van der Waals surface area contributed by atoms with E-state index in [4.69, 9.17) is 28.6 Å².